The number of rotatable bonds is 6. The van der Waals surface area contributed by atoms with Gasteiger partial charge in [0, 0.05) is 11.8 Å². The summed E-state index contributed by atoms with van der Waals surface area (Å²) < 4.78 is 0. The van der Waals surface area contributed by atoms with Crippen molar-refractivity contribution in [1.29, 1.82) is 0 Å². The molecule has 12 heavy (non-hydrogen) atoms. The average molecular weight is 187 g/mol. The molecule has 0 spiro atoms. The molecule has 0 aliphatic heterocycles. The summed E-state index contributed by atoms with van der Waals surface area (Å²) in [6.07, 6.45) is 2.91. The van der Waals surface area contributed by atoms with Gasteiger partial charge < -0.3 is 5.32 Å². The SMILES string of the molecule is CCNC(CSC(C)C)C1CC1. The minimum absolute atomic E-state index is 0.782. The average Bonchev–Trinajstić information content (AvgIpc) is 2.79. The van der Waals surface area contributed by atoms with Crippen molar-refractivity contribution in [3.63, 3.8) is 0 Å². The van der Waals surface area contributed by atoms with Gasteiger partial charge in [0.15, 0.2) is 0 Å². The zero-order chi connectivity index (χ0) is 8.97. The van der Waals surface area contributed by atoms with Crippen LogP contribution in [0.4, 0.5) is 0 Å². The summed E-state index contributed by atoms with van der Waals surface area (Å²) in [5.74, 6) is 2.30. The summed E-state index contributed by atoms with van der Waals surface area (Å²) in [7, 11) is 0. The van der Waals surface area contributed by atoms with Gasteiger partial charge in [0.1, 0.15) is 0 Å². The minimum atomic E-state index is 0.782. The van der Waals surface area contributed by atoms with Gasteiger partial charge in [-0.3, -0.25) is 0 Å². The van der Waals surface area contributed by atoms with Crippen LogP contribution < -0.4 is 5.32 Å². The lowest BCUT2D eigenvalue weighted by molar-refractivity contribution is 0.519. The summed E-state index contributed by atoms with van der Waals surface area (Å²) in [4.78, 5) is 0. The second-order valence-corrected chi connectivity index (χ2v) is 5.49. The molecule has 0 aromatic heterocycles. The molecule has 1 rings (SSSR count). The van der Waals surface area contributed by atoms with E-state index in [1.807, 2.05) is 0 Å². The first-order chi connectivity index (χ1) is 5.74. The van der Waals surface area contributed by atoms with Crippen molar-refractivity contribution in [2.45, 2.75) is 44.9 Å². The minimum Gasteiger partial charge on any atom is -0.313 e. The summed E-state index contributed by atoms with van der Waals surface area (Å²) in [6, 6.07) is 0.794. The van der Waals surface area contributed by atoms with Crippen LogP contribution in [0.3, 0.4) is 0 Å². The predicted molar refractivity (Wildman–Crippen MR) is 57.8 cm³/mol. The topological polar surface area (TPSA) is 12.0 Å². The van der Waals surface area contributed by atoms with E-state index in [0.29, 0.717) is 0 Å². The lowest BCUT2D eigenvalue weighted by Gasteiger charge is -2.17. The molecular weight excluding hydrogens is 166 g/mol. The largest absolute Gasteiger partial charge is 0.313 e. The van der Waals surface area contributed by atoms with Crippen LogP contribution in [-0.2, 0) is 0 Å². The molecule has 1 unspecified atom stereocenters. The van der Waals surface area contributed by atoms with Gasteiger partial charge >= 0.3 is 0 Å². The lowest BCUT2D eigenvalue weighted by atomic mass is 10.2. The highest BCUT2D eigenvalue weighted by molar-refractivity contribution is 7.99. The third-order valence-corrected chi connectivity index (χ3v) is 3.48. The standard InChI is InChI=1S/C10H21NS/c1-4-11-10(9-5-6-9)7-12-8(2)3/h8-11H,4-7H2,1-3H3. The summed E-state index contributed by atoms with van der Waals surface area (Å²) >= 11 is 2.09. The fourth-order valence-corrected chi connectivity index (χ4v) is 2.40. The van der Waals surface area contributed by atoms with Crippen molar-refractivity contribution in [3.8, 4) is 0 Å². The van der Waals surface area contributed by atoms with Crippen molar-refractivity contribution in [3.05, 3.63) is 0 Å². The molecule has 1 aliphatic rings. The van der Waals surface area contributed by atoms with Gasteiger partial charge in [-0.25, -0.2) is 0 Å². The van der Waals surface area contributed by atoms with Gasteiger partial charge in [-0.2, -0.15) is 11.8 Å². The van der Waals surface area contributed by atoms with E-state index in [0.717, 1.165) is 23.8 Å². The molecule has 1 saturated carbocycles. The lowest BCUT2D eigenvalue weighted by Crippen LogP contribution is -2.33. The Morgan fingerprint density at radius 1 is 1.42 bits per heavy atom. The van der Waals surface area contributed by atoms with Crippen LogP contribution in [0.1, 0.15) is 33.6 Å². The molecule has 0 amide bonds. The van der Waals surface area contributed by atoms with E-state index < -0.39 is 0 Å². The summed E-state index contributed by atoms with van der Waals surface area (Å²) in [6.45, 7) is 7.89. The Morgan fingerprint density at radius 3 is 2.50 bits per heavy atom. The van der Waals surface area contributed by atoms with E-state index in [9.17, 15) is 0 Å². The Bertz CT molecular complexity index is 121. The molecule has 0 aromatic rings. The first-order valence-electron chi connectivity index (χ1n) is 5.09. The smallest absolute Gasteiger partial charge is 0.0186 e. The summed E-state index contributed by atoms with van der Waals surface area (Å²) in [5.41, 5.74) is 0. The van der Waals surface area contributed by atoms with Gasteiger partial charge in [0.2, 0.25) is 0 Å². The molecule has 0 heterocycles. The Hall–Kier alpha value is 0.310. The number of hydrogen-bond donors (Lipinski definition) is 1. The van der Waals surface area contributed by atoms with E-state index >= 15 is 0 Å². The third kappa shape index (κ3) is 3.81. The van der Waals surface area contributed by atoms with E-state index in [-0.39, 0.29) is 0 Å². The fourth-order valence-electron chi connectivity index (χ4n) is 1.42. The Morgan fingerprint density at radius 2 is 2.08 bits per heavy atom. The molecule has 1 nitrogen and oxygen atoms in total. The molecule has 0 saturated heterocycles. The maximum absolute atomic E-state index is 3.58. The van der Waals surface area contributed by atoms with Crippen molar-refractivity contribution >= 4 is 11.8 Å². The second-order valence-electron chi connectivity index (χ2n) is 3.88. The van der Waals surface area contributed by atoms with E-state index in [2.05, 4.69) is 37.8 Å². The maximum atomic E-state index is 3.58. The molecule has 72 valence electrons. The van der Waals surface area contributed by atoms with Crippen LogP contribution in [0.15, 0.2) is 0 Å². The molecule has 2 heteroatoms. The first-order valence-corrected chi connectivity index (χ1v) is 6.14. The molecule has 1 aliphatic carbocycles. The number of thioether (sulfide) groups is 1. The van der Waals surface area contributed by atoms with Crippen LogP contribution in [0.25, 0.3) is 0 Å². The van der Waals surface area contributed by atoms with Crippen molar-refractivity contribution in [2.75, 3.05) is 12.3 Å². The normalized spacial score (nSPS) is 20.0. The van der Waals surface area contributed by atoms with E-state index in [4.69, 9.17) is 0 Å². The van der Waals surface area contributed by atoms with Crippen LogP contribution in [-0.4, -0.2) is 23.6 Å². The highest BCUT2D eigenvalue weighted by atomic mass is 32.2. The highest BCUT2D eigenvalue weighted by Gasteiger charge is 2.30. The maximum Gasteiger partial charge on any atom is 0.0186 e. The Kier molecular flexibility index (Phi) is 4.44. The molecule has 0 aromatic carbocycles. The third-order valence-electron chi connectivity index (χ3n) is 2.27. The van der Waals surface area contributed by atoms with Crippen molar-refractivity contribution in [1.82, 2.24) is 5.32 Å². The molecular formula is C10H21NS. The van der Waals surface area contributed by atoms with Crippen molar-refractivity contribution < 1.29 is 0 Å². The predicted octanol–water partition coefficient (Wildman–Crippen LogP) is 2.52. The Labute approximate surface area is 80.7 Å². The van der Waals surface area contributed by atoms with Gasteiger partial charge in [-0.1, -0.05) is 20.8 Å². The van der Waals surface area contributed by atoms with Gasteiger partial charge in [0.05, 0.1) is 0 Å². The summed E-state index contributed by atoms with van der Waals surface area (Å²) in [5, 5.41) is 4.36. The number of hydrogen-bond acceptors (Lipinski definition) is 2. The molecule has 0 radical (unpaired) electrons. The monoisotopic (exact) mass is 187 g/mol. The van der Waals surface area contributed by atoms with Crippen LogP contribution in [0.2, 0.25) is 0 Å². The first kappa shape index (κ1) is 10.4. The van der Waals surface area contributed by atoms with Crippen molar-refractivity contribution in [2.24, 2.45) is 5.92 Å². The van der Waals surface area contributed by atoms with Gasteiger partial charge in [0.25, 0.3) is 0 Å². The van der Waals surface area contributed by atoms with Crippen LogP contribution in [0, 0.1) is 5.92 Å². The zero-order valence-corrected chi connectivity index (χ0v) is 9.29. The molecule has 1 atom stereocenters. The number of nitrogens with one attached hydrogen (secondary N) is 1. The molecule has 1 fully saturated rings. The quantitative estimate of drug-likeness (QED) is 0.686. The molecule has 1 N–H and O–H groups in total. The fraction of sp³-hybridized carbons (Fsp3) is 1.00. The highest BCUT2D eigenvalue weighted by Crippen LogP contribution is 2.34. The van der Waals surface area contributed by atoms with Gasteiger partial charge in [-0.15, -0.1) is 0 Å². The molecule has 0 bridgehead atoms. The van der Waals surface area contributed by atoms with E-state index in [1.54, 1.807) is 0 Å². The van der Waals surface area contributed by atoms with Crippen LogP contribution in [0.5, 0.6) is 0 Å². The van der Waals surface area contributed by atoms with Gasteiger partial charge in [-0.05, 0) is 30.6 Å². The van der Waals surface area contributed by atoms with Crippen LogP contribution >= 0.6 is 11.8 Å². The Balaban J connectivity index is 2.13. The zero-order valence-electron chi connectivity index (χ0n) is 8.47. The second kappa shape index (κ2) is 5.13. The van der Waals surface area contributed by atoms with E-state index in [1.165, 1.54) is 18.6 Å².